The fraction of sp³-hybridized carbons (Fsp3) is 0.235. The number of rotatable bonds is 3. The Balaban J connectivity index is 1.65. The van der Waals surface area contributed by atoms with Gasteiger partial charge >= 0.3 is 0 Å². The first-order valence-corrected chi connectivity index (χ1v) is 7.76. The fourth-order valence-electron chi connectivity index (χ4n) is 2.33. The van der Waals surface area contributed by atoms with Crippen molar-refractivity contribution < 1.29 is 13.9 Å². The van der Waals surface area contributed by atoms with Crippen molar-refractivity contribution in [1.29, 1.82) is 0 Å². The third-order valence-electron chi connectivity index (χ3n) is 3.54. The first-order chi connectivity index (χ1) is 11.1. The fourth-order valence-corrected chi connectivity index (χ4v) is 2.62. The van der Waals surface area contributed by atoms with E-state index in [1.807, 2.05) is 25.1 Å². The van der Waals surface area contributed by atoms with Crippen molar-refractivity contribution in [3.8, 4) is 11.5 Å². The molecule has 1 atom stereocenters. The van der Waals surface area contributed by atoms with E-state index in [4.69, 9.17) is 21.7 Å². The Hall–Kier alpha value is -2.34. The smallest absolute Gasteiger partial charge is 0.171 e. The minimum Gasteiger partial charge on any atom is -0.486 e. The second kappa shape index (κ2) is 6.83. The summed E-state index contributed by atoms with van der Waals surface area (Å²) in [6.07, 6.45) is 0. The minimum atomic E-state index is -0.344. The van der Waals surface area contributed by atoms with Gasteiger partial charge in [-0.05, 0) is 49.0 Å². The molecule has 0 radical (unpaired) electrons. The average Bonchev–Trinajstić information content (AvgIpc) is 2.56. The maximum atomic E-state index is 13.6. The van der Waals surface area contributed by atoms with E-state index in [-0.39, 0.29) is 11.9 Å². The van der Waals surface area contributed by atoms with E-state index < -0.39 is 0 Å². The van der Waals surface area contributed by atoms with Crippen molar-refractivity contribution in [2.45, 2.75) is 13.0 Å². The van der Waals surface area contributed by atoms with Gasteiger partial charge in [0.25, 0.3) is 0 Å². The molecule has 0 saturated heterocycles. The number of thiocarbonyl (C=S) groups is 1. The quantitative estimate of drug-likeness (QED) is 0.840. The minimum absolute atomic E-state index is 0.0578. The number of nitrogens with one attached hydrogen (secondary N) is 2. The molecule has 1 heterocycles. The number of hydrogen-bond donors (Lipinski definition) is 2. The second-order valence-electron chi connectivity index (χ2n) is 5.20. The summed E-state index contributed by atoms with van der Waals surface area (Å²) in [7, 11) is 0. The van der Waals surface area contributed by atoms with Crippen LogP contribution in [0.25, 0.3) is 0 Å². The molecule has 120 valence electrons. The molecule has 0 aliphatic carbocycles. The van der Waals surface area contributed by atoms with E-state index in [1.165, 1.54) is 6.07 Å². The van der Waals surface area contributed by atoms with Gasteiger partial charge in [-0.3, -0.25) is 0 Å². The topological polar surface area (TPSA) is 42.5 Å². The molecule has 6 heteroatoms. The molecule has 0 saturated carbocycles. The van der Waals surface area contributed by atoms with Gasteiger partial charge in [0.15, 0.2) is 16.6 Å². The zero-order valence-electron chi connectivity index (χ0n) is 12.6. The first kappa shape index (κ1) is 15.6. The summed E-state index contributed by atoms with van der Waals surface area (Å²) < 4.78 is 24.7. The van der Waals surface area contributed by atoms with Crippen LogP contribution in [0.1, 0.15) is 18.5 Å². The maximum absolute atomic E-state index is 13.6. The first-order valence-electron chi connectivity index (χ1n) is 7.35. The molecule has 3 rings (SSSR count). The van der Waals surface area contributed by atoms with Gasteiger partial charge in [0, 0.05) is 0 Å². The molecule has 2 N–H and O–H groups in total. The lowest BCUT2D eigenvalue weighted by Gasteiger charge is -2.22. The monoisotopic (exact) mass is 332 g/mol. The van der Waals surface area contributed by atoms with Gasteiger partial charge < -0.3 is 20.1 Å². The van der Waals surface area contributed by atoms with Crippen LogP contribution in [0.4, 0.5) is 10.1 Å². The van der Waals surface area contributed by atoms with Crippen molar-refractivity contribution in [3.63, 3.8) is 0 Å². The Morgan fingerprint density at radius 1 is 1.13 bits per heavy atom. The van der Waals surface area contributed by atoms with Crippen LogP contribution in [0.15, 0.2) is 42.5 Å². The number of fused-ring (bicyclic) bond motifs is 1. The number of ether oxygens (including phenoxy) is 2. The zero-order valence-corrected chi connectivity index (χ0v) is 13.5. The highest BCUT2D eigenvalue weighted by Gasteiger charge is 2.15. The Kier molecular flexibility index (Phi) is 4.62. The van der Waals surface area contributed by atoms with E-state index >= 15 is 0 Å². The van der Waals surface area contributed by atoms with E-state index in [0.717, 1.165) is 17.1 Å². The van der Waals surface area contributed by atoms with Crippen LogP contribution in [0.2, 0.25) is 0 Å². The number of halogens is 1. The lowest BCUT2D eigenvalue weighted by molar-refractivity contribution is 0.171. The van der Waals surface area contributed by atoms with Gasteiger partial charge in [0.2, 0.25) is 0 Å². The Morgan fingerprint density at radius 2 is 1.87 bits per heavy atom. The van der Waals surface area contributed by atoms with Crippen molar-refractivity contribution >= 4 is 23.0 Å². The highest BCUT2D eigenvalue weighted by molar-refractivity contribution is 7.80. The van der Waals surface area contributed by atoms with Gasteiger partial charge in [-0.2, -0.15) is 0 Å². The predicted octanol–water partition coefficient (Wildman–Crippen LogP) is 3.64. The van der Waals surface area contributed by atoms with Crippen LogP contribution in [-0.2, 0) is 0 Å². The summed E-state index contributed by atoms with van der Waals surface area (Å²) in [5.41, 5.74) is 1.35. The highest BCUT2D eigenvalue weighted by atomic mass is 32.1. The highest BCUT2D eigenvalue weighted by Crippen LogP contribution is 2.32. The maximum Gasteiger partial charge on any atom is 0.171 e. The lowest BCUT2D eigenvalue weighted by atomic mass is 10.1. The number of hydrogen-bond acceptors (Lipinski definition) is 3. The number of para-hydroxylation sites is 1. The van der Waals surface area contributed by atoms with E-state index in [2.05, 4.69) is 10.6 Å². The second-order valence-corrected chi connectivity index (χ2v) is 5.61. The summed E-state index contributed by atoms with van der Waals surface area (Å²) in [6.45, 7) is 3.09. The largest absolute Gasteiger partial charge is 0.486 e. The van der Waals surface area contributed by atoms with Crippen LogP contribution in [-0.4, -0.2) is 18.3 Å². The summed E-state index contributed by atoms with van der Waals surface area (Å²) in [5.74, 6) is 1.14. The normalized spacial score (nSPS) is 14.0. The van der Waals surface area contributed by atoms with Crippen molar-refractivity contribution in [2.75, 3.05) is 18.5 Å². The average molecular weight is 332 g/mol. The summed E-state index contributed by atoms with van der Waals surface area (Å²) in [6, 6.07) is 12.1. The molecule has 23 heavy (non-hydrogen) atoms. The summed E-state index contributed by atoms with van der Waals surface area (Å²) in [5, 5.41) is 6.36. The Labute approximate surface area is 139 Å². The lowest BCUT2D eigenvalue weighted by Crippen LogP contribution is -2.31. The standard InChI is InChI=1S/C17H17FN2O2S/c1-11(12-6-7-15-16(10-12)22-9-8-21-15)19-17(23)20-14-5-3-2-4-13(14)18/h2-7,10-11H,8-9H2,1H3,(H2,19,20,23)/t11-/m0/s1. The zero-order chi connectivity index (χ0) is 16.2. The molecule has 0 amide bonds. The van der Waals surface area contributed by atoms with Crippen LogP contribution in [0, 0.1) is 5.82 Å². The third-order valence-corrected chi connectivity index (χ3v) is 3.76. The Bertz CT molecular complexity index is 723. The molecule has 0 aromatic heterocycles. The summed E-state index contributed by atoms with van der Waals surface area (Å²) in [4.78, 5) is 0. The third kappa shape index (κ3) is 3.71. The van der Waals surface area contributed by atoms with Crippen LogP contribution in [0.3, 0.4) is 0 Å². The van der Waals surface area contributed by atoms with E-state index in [0.29, 0.717) is 24.0 Å². The van der Waals surface area contributed by atoms with Crippen molar-refractivity contribution in [3.05, 3.63) is 53.8 Å². The van der Waals surface area contributed by atoms with Crippen LogP contribution in [0.5, 0.6) is 11.5 Å². The molecular formula is C17H17FN2O2S. The number of benzene rings is 2. The molecule has 2 aromatic carbocycles. The molecule has 2 aromatic rings. The Morgan fingerprint density at radius 3 is 2.65 bits per heavy atom. The van der Waals surface area contributed by atoms with Gasteiger partial charge in [0.05, 0.1) is 11.7 Å². The number of anilines is 1. The molecule has 1 aliphatic heterocycles. The summed E-state index contributed by atoms with van der Waals surface area (Å²) >= 11 is 5.25. The predicted molar refractivity (Wildman–Crippen MR) is 91.6 cm³/mol. The van der Waals surface area contributed by atoms with Crippen LogP contribution < -0.4 is 20.1 Å². The van der Waals surface area contributed by atoms with Gasteiger partial charge in [0.1, 0.15) is 19.0 Å². The van der Waals surface area contributed by atoms with Gasteiger partial charge in [-0.15, -0.1) is 0 Å². The molecule has 0 unspecified atom stereocenters. The SMILES string of the molecule is C[C@H](NC(=S)Nc1ccccc1F)c1ccc2c(c1)OCCO2. The molecule has 4 nitrogen and oxygen atoms in total. The van der Waals surface area contributed by atoms with Crippen LogP contribution >= 0.6 is 12.2 Å². The molecule has 0 fully saturated rings. The van der Waals surface area contributed by atoms with E-state index in [1.54, 1.807) is 18.2 Å². The van der Waals surface area contributed by atoms with Crippen molar-refractivity contribution in [1.82, 2.24) is 5.32 Å². The molecular weight excluding hydrogens is 315 g/mol. The van der Waals surface area contributed by atoms with Crippen molar-refractivity contribution in [2.24, 2.45) is 0 Å². The van der Waals surface area contributed by atoms with E-state index in [9.17, 15) is 4.39 Å². The van der Waals surface area contributed by atoms with Gasteiger partial charge in [-0.1, -0.05) is 18.2 Å². The molecule has 0 bridgehead atoms. The van der Waals surface area contributed by atoms with Gasteiger partial charge in [-0.25, -0.2) is 4.39 Å². The molecule has 0 spiro atoms. The molecule has 1 aliphatic rings.